The maximum atomic E-state index is 13.6. The zero-order valence-electron chi connectivity index (χ0n) is 16.8. The van der Waals surface area contributed by atoms with Gasteiger partial charge in [-0.2, -0.15) is 0 Å². The minimum absolute atomic E-state index is 0.00833. The lowest BCUT2D eigenvalue weighted by Crippen LogP contribution is -2.54. The molecule has 5 nitrogen and oxygen atoms in total. The molecule has 1 saturated heterocycles. The monoisotopic (exact) mass is 383 g/mol. The highest BCUT2D eigenvalue weighted by Gasteiger charge is 2.58. The van der Waals surface area contributed by atoms with Crippen molar-refractivity contribution in [2.75, 3.05) is 19.8 Å². The number of amides is 1. The van der Waals surface area contributed by atoms with Gasteiger partial charge in [0.15, 0.2) is 5.79 Å². The normalized spacial score (nSPS) is 26.1. The topological polar surface area (TPSA) is 59.0 Å². The lowest BCUT2D eigenvalue weighted by molar-refractivity contribution is -0.192. The highest BCUT2D eigenvalue weighted by atomic mass is 16.7. The fourth-order valence-electron chi connectivity index (χ4n) is 5.38. The van der Waals surface area contributed by atoms with Crippen LogP contribution in [0.15, 0.2) is 24.0 Å². The fraction of sp³-hybridized carbons (Fsp3) is 0.609. The number of carbonyl (C=O) groups is 1. The van der Waals surface area contributed by atoms with Crippen LogP contribution in [0.2, 0.25) is 0 Å². The van der Waals surface area contributed by atoms with E-state index in [-0.39, 0.29) is 11.7 Å². The molecule has 5 heteroatoms. The Hall–Kier alpha value is -1.85. The van der Waals surface area contributed by atoms with Gasteiger partial charge in [0.2, 0.25) is 0 Å². The van der Waals surface area contributed by atoms with Crippen molar-refractivity contribution in [3.05, 3.63) is 40.6 Å². The summed E-state index contributed by atoms with van der Waals surface area (Å²) in [4.78, 5) is 15.6. The summed E-state index contributed by atoms with van der Waals surface area (Å²) in [6.07, 6.45) is 5.15. The smallest absolute Gasteiger partial charge is 0.258 e. The van der Waals surface area contributed by atoms with Gasteiger partial charge in [0.25, 0.3) is 5.91 Å². The number of aliphatic hydroxyl groups excluding tert-OH is 1. The SMILES string of the molecule is Cc1cccc(C)c1C1=C(O)C2(CCC3(CC2)OCCO3)N(CC2CC2)C1=O. The number of nitrogens with zero attached hydrogens (tertiary/aromatic N) is 1. The molecule has 4 aliphatic rings. The molecule has 2 aliphatic carbocycles. The van der Waals surface area contributed by atoms with Crippen LogP contribution in [0.25, 0.3) is 5.57 Å². The molecule has 1 aromatic carbocycles. The molecule has 5 rings (SSSR count). The van der Waals surface area contributed by atoms with Crippen LogP contribution < -0.4 is 0 Å². The first-order valence-corrected chi connectivity index (χ1v) is 10.6. The van der Waals surface area contributed by atoms with Crippen molar-refractivity contribution in [3.63, 3.8) is 0 Å². The lowest BCUT2D eigenvalue weighted by Gasteiger charge is -2.46. The average molecular weight is 383 g/mol. The Morgan fingerprint density at radius 3 is 2.25 bits per heavy atom. The van der Waals surface area contributed by atoms with Crippen LogP contribution in [-0.4, -0.2) is 47.0 Å². The molecule has 0 atom stereocenters. The van der Waals surface area contributed by atoms with Gasteiger partial charge in [-0.25, -0.2) is 0 Å². The fourth-order valence-corrected chi connectivity index (χ4v) is 5.38. The van der Waals surface area contributed by atoms with Crippen LogP contribution in [0, 0.1) is 19.8 Å². The molecule has 0 bridgehead atoms. The van der Waals surface area contributed by atoms with Gasteiger partial charge in [0.1, 0.15) is 11.3 Å². The maximum Gasteiger partial charge on any atom is 0.258 e. The number of carbonyl (C=O) groups excluding carboxylic acids is 1. The Morgan fingerprint density at radius 2 is 1.68 bits per heavy atom. The van der Waals surface area contributed by atoms with Crippen molar-refractivity contribution in [1.29, 1.82) is 0 Å². The number of hydrogen-bond acceptors (Lipinski definition) is 4. The molecule has 0 unspecified atom stereocenters. The zero-order valence-corrected chi connectivity index (χ0v) is 16.8. The van der Waals surface area contributed by atoms with Crippen molar-refractivity contribution in [3.8, 4) is 0 Å². The van der Waals surface area contributed by atoms with E-state index in [1.54, 1.807) is 0 Å². The van der Waals surface area contributed by atoms with Gasteiger partial charge in [-0.15, -0.1) is 0 Å². The van der Waals surface area contributed by atoms with Gasteiger partial charge >= 0.3 is 0 Å². The van der Waals surface area contributed by atoms with E-state index >= 15 is 0 Å². The molecule has 2 spiro atoms. The molecular formula is C23H29NO4. The van der Waals surface area contributed by atoms with Crippen molar-refractivity contribution >= 4 is 11.5 Å². The first-order chi connectivity index (χ1) is 13.5. The molecule has 1 aromatic rings. The van der Waals surface area contributed by atoms with E-state index in [1.807, 2.05) is 36.9 Å². The van der Waals surface area contributed by atoms with Gasteiger partial charge in [0, 0.05) is 19.4 Å². The third kappa shape index (κ3) is 2.63. The minimum atomic E-state index is -0.607. The van der Waals surface area contributed by atoms with Gasteiger partial charge in [-0.1, -0.05) is 18.2 Å². The molecule has 0 radical (unpaired) electrons. The number of rotatable bonds is 3. The number of aryl methyl sites for hydroxylation is 2. The Balaban J connectivity index is 1.57. The van der Waals surface area contributed by atoms with Crippen LogP contribution in [0.1, 0.15) is 55.2 Å². The Kier molecular flexibility index (Phi) is 4.11. The van der Waals surface area contributed by atoms with Crippen molar-refractivity contribution < 1.29 is 19.4 Å². The first kappa shape index (κ1) is 18.2. The first-order valence-electron chi connectivity index (χ1n) is 10.6. The number of hydrogen-bond donors (Lipinski definition) is 1. The molecule has 2 saturated carbocycles. The van der Waals surface area contributed by atoms with E-state index in [1.165, 1.54) is 12.8 Å². The summed E-state index contributed by atoms with van der Waals surface area (Å²) >= 11 is 0. The minimum Gasteiger partial charge on any atom is -0.509 e. The predicted octanol–water partition coefficient (Wildman–Crippen LogP) is 3.88. The zero-order chi connectivity index (χ0) is 19.5. The Morgan fingerprint density at radius 1 is 1.07 bits per heavy atom. The standard InChI is InChI=1S/C23H29NO4/c1-15-4-3-5-16(2)18(15)19-20(25)22(24(21(19)26)14-17-6-7-17)8-10-23(11-9-22)27-12-13-28-23/h3-5,17,25H,6-14H2,1-2H3. The largest absolute Gasteiger partial charge is 0.509 e. The summed E-state index contributed by atoms with van der Waals surface area (Å²) in [5.74, 6) is 0.316. The van der Waals surface area contributed by atoms with E-state index in [9.17, 15) is 9.90 Å². The van der Waals surface area contributed by atoms with E-state index in [0.29, 0.717) is 50.4 Å². The maximum absolute atomic E-state index is 13.6. The second kappa shape index (κ2) is 6.33. The summed E-state index contributed by atoms with van der Waals surface area (Å²) in [5.41, 5.74) is 2.88. The van der Waals surface area contributed by atoms with Crippen LogP contribution >= 0.6 is 0 Å². The number of aliphatic hydroxyl groups is 1. The van der Waals surface area contributed by atoms with Gasteiger partial charge in [-0.05, 0) is 62.1 Å². The van der Waals surface area contributed by atoms with Gasteiger partial charge in [-0.3, -0.25) is 4.79 Å². The Bertz CT molecular complexity index is 818. The predicted molar refractivity (Wildman–Crippen MR) is 106 cm³/mol. The van der Waals surface area contributed by atoms with Crippen molar-refractivity contribution in [1.82, 2.24) is 4.90 Å². The van der Waals surface area contributed by atoms with E-state index < -0.39 is 11.3 Å². The molecule has 2 heterocycles. The molecule has 3 fully saturated rings. The average Bonchev–Trinajstić information content (AvgIpc) is 3.36. The quantitative estimate of drug-likeness (QED) is 0.861. The van der Waals surface area contributed by atoms with Crippen molar-refractivity contribution in [2.24, 2.45) is 5.92 Å². The molecule has 0 aromatic heterocycles. The van der Waals surface area contributed by atoms with Crippen LogP contribution in [-0.2, 0) is 14.3 Å². The highest BCUT2D eigenvalue weighted by Crippen LogP contribution is 2.52. The summed E-state index contributed by atoms with van der Waals surface area (Å²) in [7, 11) is 0. The van der Waals surface area contributed by atoms with E-state index in [4.69, 9.17) is 9.47 Å². The van der Waals surface area contributed by atoms with Crippen LogP contribution in [0.5, 0.6) is 0 Å². The molecule has 1 amide bonds. The van der Waals surface area contributed by atoms with Gasteiger partial charge in [0.05, 0.1) is 18.8 Å². The molecule has 1 N–H and O–H groups in total. The second-order valence-corrected chi connectivity index (χ2v) is 8.99. The number of ether oxygens (including phenoxy) is 2. The molecular weight excluding hydrogens is 354 g/mol. The van der Waals surface area contributed by atoms with E-state index in [0.717, 1.165) is 23.2 Å². The van der Waals surface area contributed by atoms with E-state index in [2.05, 4.69) is 0 Å². The molecule has 2 aliphatic heterocycles. The number of benzene rings is 1. The second-order valence-electron chi connectivity index (χ2n) is 8.99. The summed E-state index contributed by atoms with van der Waals surface area (Å²) in [5, 5.41) is 11.5. The summed E-state index contributed by atoms with van der Waals surface area (Å²) in [6.45, 7) is 6.04. The Labute approximate surface area is 166 Å². The summed E-state index contributed by atoms with van der Waals surface area (Å²) < 4.78 is 11.8. The highest BCUT2D eigenvalue weighted by molar-refractivity contribution is 6.23. The third-order valence-electron chi connectivity index (χ3n) is 7.17. The lowest BCUT2D eigenvalue weighted by atomic mass is 9.76. The van der Waals surface area contributed by atoms with Crippen molar-refractivity contribution in [2.45, 2.75) is 63.7 Å². The van der Waals surface area contributed by atoms with Crippen LogP contribution in [0.4, 0.5) is 0 Å². The van der Waals surface area contributed by atoms with Crippen LogP contribution in [0.3, 0.4) is 0 Å². The molecule has 150 valence electrons. The third-order valence-corrected chi connectivity index (χ3v) is 7.17. The van der Waals surface area contributed by atoms with Gasteiger partial charge < -0.3 is 19.5 Å². The summed E-state index contributed by atoms with van der Waals surface area (Å²) in [6, 6.07) is 6.03. The molecule has 28 heavy (non-hydrogen) atoms.